The Morgan fingerprint density at radius 2 is 1.35 bits per heavy atom. The average Bonchev–Trinajstić information content (AvgIpc) is 2.40. The topological polar surface area (TPSA) is 9.23 Å². The summed E-state index contributed by atoms with van der Waals surface area (Å²) in [6, 6.07) is 0. The molecule has 0 saturated carbocycles. The molecule has 0 amide bonds. The molecule has 0 aromatic carbocycles. The summed E-state index contributed by atoms with van der Waals surface area (Å²) >= 11 is 12.8. The molecule has 0 saturated heterocycles. The lowest BCUT2D eigenvalue weighted by Gasteiger charge is -2.25. The molecule has 2 radical (unpaired) electrons. The minimum atomic E-state index is -1.27. The second-order valence-corrected chi connectivity index (χ2v) is 10.4. The van der Waals surface area contributed by atoms with Crippen molar-refractivity contribution in [2.24, 2.45) is 0 Å². The zero-order valence-electron chi connectivity index (χ0n) is 9.87. The molecule has 0 aromatic rings. The summed E-state index contributed by atoms with van der Waals surface area (Å²) in [5.41, 5.74) is 0.892. The molecule has 0 spiro atoms. The van der Waals surface area contributed by atoms with E-state index in [4.69, 9.17) is 26.3 Å². The maximum atomic E-state index is 6.42. The molecule has 5 heteroatoms. The summed E-state index contributed by atoms with van der Waals surface area (Å²) in [4.78, 5) is 0. The minimum Gasteiger partial charge on any atom is -0.432 e. The first-order chi connectivity index (χ1) is 8.27. The van der Waals surface area contributed by atoms with Crippen molar-refractivity contribution in [1.82, 2.24) is 0 Å². The van der Waals surface area contributed by atoms with Crippen LogP contribution >= 0.6 is 22.2 Å². The van der Waals surface area contributed by atoms with Gasteiger partial charge in [0.05, 0.1) is 0 Å². The molecule has 2 aliphatic carbocycles. The van der Waals surface area contributed by atoms with Crippen molar-refractivity contribution >= 4 is 38.9 Å². The average molecular weight is 305 g/mol. The number of halogens is 2. The maximum Gasteiger partial charge on any atom is 0.320 e. The van der Waals surface area contributed by atoms with Crippen molar-refractivity contribution in [2.45, 2.75) is 49.6 Å². The molecule has 1 nitrogen and oxygen atoms in total. The second kappa shape index (κ2) is 7.14. The molecule has 2 unspecified atom stereocenters. The third kappa shape index (κ3) is 4.25. The van der Waals surface area contributed by atoms with Crippen LogP contribution < -0.4 is 0 Å². The predicted molar refractivity (Wildman–Crippen MR) is 77.8 cm³/mol. The first-order valence-corrected chi connectivity index (χ1v) is 11.3. The Labute approximate surface area is 117 Å². The fourth-order valence-corrected chi connectivity index (χ4v) is 8.58. The summed E-state index contributed by atoms with van der Waals surface area (Å²) in [6.07, 6.45) is 16.1. The van der Waals surface area contributed by atoms with Gasteiger partial charge in [-0.2, -0.15) is 0 Å². The molecule has 94 valence electrons. The largest absolute Gasteiger partial charge is 0.432 e. The monoisotopic (exact) mass is 304 g/mol. The fraction of sp³-hybridized carbons (Fsp3) is 0.667. The van der Waals surface area contributed by atoms with E-state index in [2.05, 4.69) is 24.3 Å². The fourth-order valence-electron chi connectivity index (χ4n) is 2.25. The molecule has 0 fully saturated rings. The van der Waals surface area contributed by atoms with Gasteiger partial charge in [-0.1, -0.05) is 24.3 Å². The second-order valence-electron chi connectivity index (χ2n) is 4.64. The van der Waals surface area contributed by atoms with Crippen LogP contribution in [0.5, 0.6) is 0 Å². The molecule has 0 aliphatic heterocycles. The molecule has 0 bridgehead atoms. The smallest absolute Gasteiger partial charge is 0.320 e. The van der Waals surface area contributed by atoms with Crippen molar-refractivity contribution in [3.63, 3.8) is 0 Å². The number of rotatable bonds is 4. The van der Waals surface area contributed by atoms with E-state index in [9.17, 15) is 0 Å². The van der Waals surface area contributed by atoms with Gasteiger partial charge < -0.3 is 4.12 Å². The molecule has 0 aromatic heterocycles. The minimum absolute atomic E-state index is 0.446. The summed E-state index contributed by atoms with van der Waals surface area (Å²) in [6.45, 7) is 0. The van der Waals surface area contributed by atoms with E-state index in [1.165, 1.54) is 38.5 Å². The van der Waals surface area contributed by atoms with Crippen LogP contribution in [-0.4, -0.2) is 16.7 Å². The van der Waals surface area contributed by atoms with Gasteiger partial charge in [-0.3, -0.25) is 0 Å². The Morgan fingerprint density at radius 3 is 1.71 bits per heavy atom. The van der Waals surface area contributed by atoms with Gasteiger partial charge in [0.25, 0.3) is 0 Å². The third-order valence-corrected chi connectivity index (χ3v) is 10.0. The van der Waals surface area contributed by atoms with Gasteiger partial charge in [0, 0.05) is 11.1 Å². The molecule has 17 heavy (non-hydrogen) atoms. The van der Waals surface area contributed by atoms with Crippen molar-refractivity contribution in [3.8, 4) is 0 Å². The summed E-state index contributed by atoms with van der Waals surface area (Å²) in [5, 5.41) is 0. The van der Waals surface area contributed by atoms with Crippen LogP contribution in [0, 0.1) is 0 Å². The Balaban J connectivity index is 1.82. The van der Waals surface area contributed by atoms with Crippen LogP contribution in [0.25, 0.3) is 0 Å². The first-order valence-electron chi connectivity index (χ1n) is 6.33. The van der Waals surface area contributed by atoms with Crippen LogP contribution in [0.2, 0.25) is 11.1 Å². The van der Waals surface area contributed by atoms with E-state index >= 15 is 0 Å². The number of allylic oxidation sites excluding steroid dienone is 4. The van der Waals surface area contributed by atoms with E-state index in [-0.39, 0.29) is 0 Å². The van der Waals surface area contributed by atoms with Crippen LogP contribution in [0.15, 0.2) is 24.3 Å². The van der Waals surface area contributed by atoms with Gasteiger partial charge >= 0.3 is 16.7 Å². The standard InChI is InChI=1S/C12H18Cl2OSi2/c13-16(11-7-3-1-4-8-11)15-17(14)12-9-5-2-6-10-12/h3,5,7,9,11-12H,1-2,4,6,8,10H2. The number of hydrogen-bond donors (Lipinski definition) is 0. The van der Waals surface area contributed by atoms with Crippen molar-refractivity contribution in [2.75, 3.05) is 0 Å². The zero-order valence-corrected chi connectivity index (χ0v) is 13.4. The van der Waals surface area contributed by atoms with Gasteiger partial charge in [0.2, 0.25) is 0 Å². The van der Waals surface area contributed by atoms with Crippen LogP contribution in [0.4, 0.5) is 0 Å². The highest BCUT2D eigenvalue weighted by Gasteiger charge is 2.30. The first kappa shape index (κ1) is 13.9. The highest BCUT2D eigenvalue weighted by atomic mass is 35.6. The van der Waals surface area contributed by atoms with Gasteiger partial charge in [-0.05, 0) is 38.5 Å². The van der Waals surface area contributed by atoms with Gasteiger partial charge in [0.15, 0.2) is 0 Å². The van der Waals surface area contributed by atoms with Crippen LogP contribution in [0.3, 0.4) is 0 Å². The van der Waals surface area contributed by atoms with E-state index < -0.39 is 16.7 Å². The normalized spacial score (nSPS) is 29.2. The van der Waals surface area contributed by atoms with E-state index in [0.717, 1.165) is 0 Å². The van der Waals surface area contributed by atoms with E-state index in [1.807, 2.05) is 0 Å². The highest BCUT2D eigenvalue weighted by Crippen LogP contribution is 2.32. The quantitative estimate of drug-likeness (QED) is 0.416. The molecule has 2 atom stereocenters. The third-order valence-electron chi connectivity index (χ3n) is 3.29. The van der Waals surface area contributed by atoms with Crippen molar-refractivity contribution in [3.05, 3.63) is 24.3 Å². The molecular formula is C12H18Cl2OSi2. The van der Waals surface area contributed by atoms with Gasteiger partial charge in [-0.15, -0.1) is 22.2 Å². The lowest BCUT2D eigenvalue weighted by atomic mass is 10.1. The Hall–Kier alpha value is 0.454. The Bertz CT molecular complexity index is 268. The lowest BCUT2D eigenvalue weighted by Crippen LogP contribution is -2.29. The van der Waals surface area contributed by atoms with Gasteiger partial charge in [-0.25, -0.2) is 0 Å². The molecule has 2 rings (SSSR count). The predicted octanol–water partition coefficient (Wildman–Crippen LogP) is 4.68. The van der Waals surface area contributed by atoms with Crippen LogP contribution in [0.1, 0.15) is 38.5 Å². The van der Waals surface area contributed by atoms with E-state index in [1.54, 1.807) is 0 Å². The molecule has 0 N–H and O–H groups in total. The van der Waals surface area contributed by atoms with Crippen LogP contribution in [-0.2, 0) is 4.12 Å². The van der Waals surface area contributed by atoms with Crippen molar-refractivity contribution in [1.29, 1.82) is 0 Å². The zero-order chi connectivity index (χ0) is 12.1. The lowest BCUT2D eigenvalue weighted by molar-refractivity contribution is 0.562. The molecular weight excluding hydrogens is 287 g/mol. The highest BCUT2D eigenvalue weighted by molar-refractivity contribution is 7.13. The Morgan fingerprint density at radius 1 is 0.882 bits per heavy atom. The van der Waals surface area contributed by atoms with E-state index in [0.29, 0.717) is 11.1 Å². The SMILES string of the molecule is Cl[Si](O[Si](Cl)C1C=CCCC1)C1C=CCCC1. The van der Waals surface area contributed by atoms with Crippen molar-refractivity contribution < 1.29 is 4.12 Å². The summed E-state index contributed by atoms with van der Waals surface area (Å²) in [5.74, 6) is 0. The summed E-state index contributed by atoms with van der Waals surface area (Å²) in [7, 11) is -2.55. The number of hydrogen-bond acceptors (Lipinski definition) is 1. The molecule has 2 aliphatic rings. The van der Waals surface area contributed by atoms with Gasteiger partial charge in [0.1, 0.15) is 0 Å². The maximum absolute atomic E-state index is 6.42. The summed E-state index contributed by atoms with van der Waals surface area (Å²) < 4.78 is 5.96. The Kier molecular flexibility index (Phi) is 5.83. The molecule has 0 heterocycles.